The molecule has 0 aliphatic carbocycles. The van der Waals surface area contributed by atoms with E-state index >= 15 is 0 Å². The zero-order valence-corrected chi connectivity index (χ0v) is 45.4. The van der Waals surface area contributed by atoms with Crippen LogP contribution in [0.25, 0.3) is 10.9 Å². The summed E-state index contributed by atoms with van der Waals surface area (Å²) in [4.78, 5) is 149. The zero-order valence-electron chi connectivity index (χ0n) is 44.6. The van der Waals surface area contributed by atoms with Crippen LogP contribution in [-0.4, -0.2) is 164 Å². The Balaban J connectivity index is 1.51. The molecule has 0 fully saturated rings. The van der Waals surface area contributed by atoms with Crippen LogP contribution in [0.5, 0.6) is 0 Å². The van der Waals surface area contributed by atoms with Crippen molar-refractivity contribution in [3.05, 3.63) is 108 Å². The van der Waals surface area contributed by atoms with Crippen molar-refractivity contribution >= 4 is 87.8 Å². The minimum Gasteiger partial charge on any atom is -0.481 e. The number of aromatic amines is 1. The summed E-state index contributed by atoms with van der Waals surface area (Å²) in [7, 11) is 0. The van der Waals surface area contributed by atoms with Gasteiger partial charge >= 0.3 is 17.9 Å². The van der Waals surface area contributed by atoms with E-state index in [0.29, 0.717) is 28.5 Å². The Morgan fingerprint density at radius 1 is 0.537 bits per heavy atom. The summed E-state index contributed by atoms with van der Waals surface area (Å²) >= 11 is 1.29. The smallest absolute Gasteiger partial charge is 0.326 e. The third-order valence-corrected chi connectivity index (χ3v) is 13.5. The predicted molar refractivity (Wildman–Crippen MR) is 293 cm³/mol. The number of carboxylic acids is 3. The number of carbonyl (C=O) groups excluding carboxylic acids is 8. The second kappa shape index (κ2) is 31.9. The first kappa shape index (κ1) is 64.2. The van der Waals surface area contributed by atoms with Gasteiger partial charge in [0.2, 0.25) is 47.3 Å². The van der Waals surface area contributed by atoms with E-state index in [-0.39, 0.29) is 31.4 Å². The minimum absolute atomic E-state index is 0.0491. The third kappa shape index (κ3) is 20.1. The van der Waals surface area contributed by atoms with Crippen molar-refractivity contribution in [2.75, 3.05) is 18.6 Å². The number of fused-ring (bicyclic) bond motifs is 1. The van der Waals surface area contributed by atoms with Crippen LogP contribution in [0, 0.1) is 5.92 Å². The van der Waals surface area contributed by atoms with Crippen LogP contribution in [0.2, 0.25) is 0 Å². The van der Waals surface area contributed by atoms with Crippen molar-refractivity contribution in [3.8, 4) is 0 Å². The lowest BCUT2D eigenvalue weighted by molar-refractivity contribution is -0.147. The molecule has 10 atom stereocenters. The van der Waals surface area contributed by atoms with Gasteiger partial charge in [-0.2, -0.15) is 11.8 Å². The SMILES string of the molecule is CC[C@H](C)[C@H](NC(=O)[C@@H](N)Cc1ccccc1)C(=O)N[C@@H](Cc1ccccc1)C(=O)N[C@@H](CO)C(=O)N[C@@H](CC(=O)O)C(=O)N[C@@H](C)C(=O)N[C@@H](Cc1c[nH]c2ccccc12)C(=O)N[C@@H](CCSC)C(=O)N[C@@H](CC(=O)O)C(=O)O. The van der Waals surface area contributed by atoms with Gasteiger partial charge in [0, 0.05) is 29.9 Å². The quantitative estimate of drug-likeness (QED) is 0.0279. The van der Waals surface area contributed by atoms with Gasteiger partial charge in [0.25, 0.3) is 0 Å². The Bertz CT molecular complexity index is 2800. The van der Waals surface area contributed by atoms with E-state index in [0.717, 1.165) is 5.56 Å². The molecule has 1 aromatic heterocycles. The molecule has 0 saturated carbocycles. The Morgan fingerprint density at radius 2 is 1.01 bits per heavy atom. The van der Waals surface area contributed by atoms with Gasteiger partial charge in [-0.1, -0.05) is 99.1 Å². The number of aliphatic hydroxyl groups is 1. The van der Waals surface area contributed by atoms with Crippen molar-refractivity contribution in [2.45, 2.75) is 120 Å². The monoisotopic (exact) mass is 1130 g/mol. The summed E-state index contributed by atoms with van der Waals surface area (Å²) in [6.45, 7) is 3.61. The third-order valence-electron chi connectivity index (χ3n) is 12.9. The summed E-state index contributed by atoms with van der Waals surface area (Å²) in [6, 6.07) is 10.7. The average Bonchev–Trinajstić information content (AvgIpc) is 3.83. The lowest BCUT2D eigenvalue weighted by Crippen LogP contribution is -2.61. The summed E-state index contributed by atoms with van der Waals surface area (Å²) < 4.78 is 0. The number of thioether (sulfide) groups is 1. The number of aromatic nitrogens is 1. The van der Waals surface area contributed by atoms with Gasteiger partial charge in [-0.3, -0.25) is 47.9 Å². The van der Waals surface area contributed by atoms with Crippen molar-refractivity contribution < 1.29 is 73.2 Å². The van der Waals surface area contributed by atoms with E-state index in [4.69, 9.17) is 5.73 Å². The van der Waals surface area contributed by atoms with E-state index in [1.807, 2.05) is 6.07 Å². The number of hydrogen-bond donors (Lipinski definition) is 14. The van der Waals surface area contributed by atoms with Crippen molar-refractivity contribution in [1.29, 1.82) is 0 Å². The van der Waals surface area contributed by atoms with E-state index in [2.05, 4.69) is 47.5 Å². The topological polar surface area (TPSA) is 407 Å². The number of nitrogens with two attached hydrogens (primary N) is 1. The number of aliphatic carboxylic acids is 3. The first-order valence-corrected chi connectivity index (χ1v) is 27.0. The molecule has 0 aliphatic rings. The van der Waals surface area contributed by atoms with Crippen molar-refractivity contribution in [2.24, 2.45) is 11.7 Å². The highest BCUT2D eigenvalue weighted by Crippen LogP contribution is 2.20. The molecule has 0 spiro atoms. The van der Waals surface area contributed by atoms with Gasteiger partial charge in [0.05, 0.1) is 25.5 Å². The van der Waals surface area contributed by atoms with Crippen LogP contribution < -0.4 is 48.3 Å². The van der Waals surface area contributed by atoms with Crippen LogP contribution in [0.3, 0.4) is 0 Å². The maximum absolute atomic E-state index is 14.1. The molecule has 26 heteroatoms. The standard InChI is InChI=1S/C54H70N10O15S/c1-5-29(2)45(64-47(71)35(55)22-31-14-8-6-9-15-31)53(77)61-38(23-32-16-10-7-11-17-32)50(74)63-42(28-65)52(76)60-40(25-43(66)67)49(73)57-30(3)46(70)59-39(24-33-27-56-36-19-13-12-18-34(33)36)51(75)58-37(20-21-80-4)48(72)62-41(54(78)79)26-44(68)69/h6-19,27,29-30,35,37-42,45,56,65H,5,20-26,28,55H2,1-4H3,(H,57,73)(H,58,75)(H,59,70)(H,60,76)(H,61,77)(H,62,72)(H,63,74)(H,64,71)(H,66,67)(H,68,69)(H,78,79)/t29-,30-,35-,37-,38-,39-,40-,41-,42-,45-/m0/s1. The number of carboxylic acid groups (broad SMARTS) is 3. The highest BCUT2D eigenvalue weighted by atomic mass is 32.2. The fourth-order valence-corrected chi connectivity index (χ4v) is 8.67. The Labute approximate surface area is 465 Å². The molecular weight excluding hydrogens is 1060 g/mol. The van der Waals surface area contributed by atoms with Crippen LogP contribution in [0.1, 0.15) is 63.1 Å². The van der Waals surface area contributed by atoms with E-state index in [1.165, 1.54) is 18.7 Å². The molecule has 0 bridgehead atoms. The highest BCUT2D eigenvalue weighted by Gasteiger charge is 2.36. The van der Waals surface area contributed by atoms with E-state index < -0.39 is 145 Å². The summed E-state index contributed by atoms with van der Waals surface area (Å²) in [5.74, 6) is -12.7. The number of rotatable bonds is 33. The number of nitrogens with one attached hydrogen (secondary N) is 9. The maximum atomic E-state index is 14.1. The molecule has 4 aromatic rings. The predicted octanol–water partition coefficient (Wildman–Crippen LogP) is -0.753. The number of para-hydroxylation sites is 1. The first-order valence-electron chi connectivity index (χ1n) is 25.6. The van der Waals surface area contributed by atoms with Gasteiger partial charge in [-0.05, 0) is 60.4 Å². The van der Waals surface area contributed by atoms with Gasteiger partial charge in [-0.25, -0.2) is 4.79 Å². The molecule has 0 aliphatic heterocycles. The second-order valence-corrected chi connectivity index (χ2v) is 20.0. The average molecular weight is 1130 g/mol. The van der Waals surface area contributed by atoms with E-state index in [1.54, 1.807) is 105 Å². The van der Waals surface area contributed by atoms with Gasteiger partial charge < -0.3 is 73.7 Å². The summed E-state index contributed by atoms with van der Waals surface area (Å²) in [5.41, 5.74) is 8.79. The minimum atomic E-state index is -1.94. The molecule has 0 saturated heterocycles. The Morgan fingerprint density at radius 3 is 1.59 bits per heavy atom. The number of hydrogen-bond acceptors (Lipinski definition) is 14. The van der Waals surface area contributed by atoms with Crippen LogP contribution >= 0.6 is 11.8 Å². The van der Waals surface area contributed by atoms with Crippen LogP contribution in [0.4, 0.5) is 0 Å². The highest BCUT2D eigenvalue weighted by molar-refractivity contribution is 7.98. The lowest BCUT2D eigenvalue weighted by atomic mass is 9.96. The molecule has 432 valence electrons. The van der Waals surface area contributed by atoms with Gasteiger partial charge in [-0.15, -0.1) is 0 Å². The summed E-state index contributed by atoms with van der Waals surface area (Å²) in [6.07, 6.45) is 1.46. The molecule has 25 nitrogen and oxygen atoms in total. The normalized spacial score (nSPS) is 14.8. The number of carbonyl (C=O) groups is 11. The lowest BCUT2D eigenvalue weighted by Gasteiger charge is -2.28. The molecule has 8 amide bonds. The first-order chi connectivity index (χ1) is 38.0. The molecule has 15 N–H and O–H groups in total. The Kier molecular flexibility index (Phi) is 25.6. The second-order valence-electron chi connectivity index (χ2n) is 19.0. The molecule has 0 radical (unpaired) electrons. The Hall–Kier alpha value is -8.36. The molecule has 3 aromatic carbocycles. The largest absolute Gasteiger partial charge is 0.481 e. The van der Waals surface area contributed by atoms with Crippen molar-refractivity contribution in [3.63, 3.8) is 0 Å². The van der Waals surface area contributed by atoms with Crippen LogP contribution in [0.15, 0.2) is 91.1 Å². The fourth-order valence-electron chi connectivity index (χ4n) is 8.20. The molecule has 80 heavy (non-hydrogen) atoms. The number of amides is 8. The fraction of sp³-hybridized carbons (Fsp3) is 0.426. The van der Waals surface area contributed by atoms with Crippen LogP contribution in [-0.2, 0) is 72.0 Å². The van der Waals surface area contributed by atoms with Crippen molar-refractivity contribution in [1.82, 2.24) is 47.5 Å². The van der Waals surface area contributed by atoms with Gasteiger partial charge in [0.15, 0.2) is 0 Å². The number of H-pyrrole nitrogens is 1. The maximum Gasteiger partial charge on any atom is 0.326 e. The van der Waals surface area contributed by atoms with Gasteiger partial charge in [0.1, 0.15) is 48.3 Å². The summed E-state index contributed by atoms with van der Waals surface area (Å²) in [5, 5.41) is 59.0. The number of benzene rings is 3. The van der Waals surface area contributed by atoms with E-state index in [9.17, 15) is 73.2 Å². The molecular formula is C54H70N10O15S. The molecule has 0 unspecified atom stereocenters. The molecule has 1 heterocycles. The zero-order chi connectivity index (χ0) is 59.1. The number of aliphatic hydroxyl groups excluding tert-OH is 1. The molecule has 4 rings (SSSR count).